The Labute approximate surface area is 118 Å². The minimum absolute atomic E-state index is 0.298. The van der Waals surface area contributed by atoms with E-state index >= 15 is 0 Å². The number of hydrogen-bond acceptors (Lipinski definition) is 4. The van der Waals surface area contributed by atoms with Gasteiger partial charge in [-0.05, 0) is 39.0 Å². The van der Waals surface area contributed by atoms with Crippen LogP contribution < -0.4 is 0 Å². The van der Waals surface area contributed by atoms with Gasteiger partial charge in [0.15, 0.2) is 26.2 Å². The third-order valence-corrected chi connectivity index (χ3v) is 18.9. The van der Waals surface area contributed by atoms with E-state index < -0.39 is 26.2 Å². The highest BCUT2D eigenvalue weighted by Crippen LogP contribution is 2.12. The SMILES string of the molecule is C=C(C)C(=O)OCCC[Si](C)(O[SiH3])[SiH2]O[SiH](C)C. The normalized spacial score (nSPS) is 15.2. The van der Waals surface area contributed by atoms with Crippen molar-refractivity contribution >= 4 is 42.6 Å². The lowest BCUT2D eigenvalue weighted by Gasteiger charge is -2.26. The molecule has 0 amide bonds. The molecule has 8 heteroatoms. The fraction of sp³-hybridized carbons (Fsp3) is 0.700. The molecule has 0 heterocycles. The van der Waals surface area contributed by atoms with Crippen LogP contribution >= 0.6 is 0 Å². The molecular weight excluding hydrogens is 296 g/mol. The lowest BCUT2D eigenvalue weighted by molar-refractivity contribution is -0.138. The third-order valence-electron chi connectivity index (χ3n) is 2.65. The van der Waals surface area contributed by atoms with E-state index in [4.69, 9.17) is 13.0 Å². The molecule has 0 aromatic carbocycles. The molecule has 1 unspecified atom stereocenters. The molecule has 0 aliphatic heterocycles. The zero-order chi connectivity index (χ0) is 14.2. The molecule has 0 saturated carbocycles. The highest BCUT2D eigenvalue weighted by molar-refractivity contribution is 7.20. The molecular formula is C10H26O4Si4. The van der Waals surface area contributed by atoms with Gasteiger partial charge in [-0.3, -0.25) is 0 Å². The first-order valence-electron chi connectivity index (χ1n) is 6.30. The number of carbonyl (C=O) groups is 1. The van der Waals surface area contributed by atoms with Gasteiger partial charge >= 0.3 is 5.97 Å². The molecule has 0 aliphatic carbocycles. The van der Waals surface area contributed by atoms with Crippen LogP contribution in [-0.4, -0.2) is 49.2 Å². The van der Waals surface area contributed by atoms with Crippen molar-refractivity contribution in [3.05, 3.63) is 12.2 Å². The van der Waals surface area contributed by atoms with Crippen LogP contribution in [0.25, 0.3) is 0 Å². The Morgan fingerprint density at radius 3 is 2.56 bits per heavy atom. The zero-order valence-electron chi connectivity index (χ0n) is 12.2. The molecule has 0 aromatic rings. The van der Waals surface area contributed by atoms with Crippen LogP contribution in [0, 0.1) is 0 Å². The Bertz CT molecular complexity index is 285. The molecule has 0 radical (unpaired) electrons. The topological polar surface area (TPSA) is 44.8 Å². The van der Waals surface area contributed by atoms with Crippen molar-refractivity contribution in [3.8, 4) is 0 Å². The van der Waals surface area contributed by atoms with Crippen LogP contribution in [0.3, 0.4) is 0 Å². The fourth-order valence-electron chi connectivity index (χ4n) is 1.31. The summed E-state index contributed by atoms with van der Waals surface area (Å²) in [6, 6.07) is 1.04. The van der Waals surface area contributed by atoms with E-state index in [0.29, 0.717) is 12.2 Å². The number of carbonyl (C=O) groups excluding carboxylic acids is 1. The summed E-state index contributed by atoms with van der Waals surface area (Å²) in [7, 11) is -2.25. The quantitative estimate of drug-likeness (QED) is 0.258. The van der Waals surface area contributed by atoms with Crippen LogP contribution in [0.1, 0.15) is 13.3 Å². The predicted molar refractivity (Wildman–Crippen MR) is 86.3 cm³/mol. The van der Waals surface area contributed by atoms with Crippen molar-refractivity contribution in [3.63, 3.8) is 0 Å². The predicted octanol–water partition coefficient (Wildman–Crippen LogP) is -0.0514. The van der Waals surface area contributed by atoms with E-state index in [0.717, 1.165) is 23.0 Å². The Morgan fingerprint density at radius 2 is 2.11 bits per heavy atom. The summed E-state index contributed by atoms with van der Waals surface area (Å²) in [5.41, 5.74) is 0.456. The average molecular weight is 323 g/mol. The molecule has 0 bridgehead atoms. The van der Waals surface area contributed by atoms with Crippen LogP contribution in [-0.2, 0) is 17.8 Å². The molecule has 0 spiro atoms. The Balaban J connectivity index is 3.92. The van der Waals surface area contributed by atoms with Crippen LogP contribution in [0.2, 0.25) is 25.7 Å². The minimum atomic E-state index is -1.59. The van der Waals surface area contributed by atoms with Crippen molar-refractivity contribution in [2.24, 2.45) is 0 Å². The molecule has 0 fully saturated rings. The second-order valence-corrected chi connectivity index (χ2v) is 19.1. The highest BCUT2D eigenvalue weighted by atomic mass is 29.2. The maximum Gasteiger partial charge on any atom is 0.333 e. The van der Waals surface area contributed by atoms with Gasteiger partial charge in [0.1, 0.15) is 10.5 Å². The molecule has 4 nitrogen and oxygen atoms in total. The van der Waals surface area contributed by atoms with E-state index in [1.165, 1.54) is 0 Å². The van der Waals surface area contributed by atoms with Crippen molar-refractivity contribution in [1.29, 1.82) is 0 Å². The first kappa shape index (κ1) is 18.0. The summed E-state index contributed by atoms with van der Waals surface area (Å²) in [5, 5.41) is 0. The molecule has 0 N–H and O–H groups in total. The zero-order valence-corrected chi connectivity index (χ0v) is 17.8. The second-order valence-electron chi connectivity index (χ2n) is 5.03. The Morgan fingerprint density at radius 1 is 1.50 bits per heavy atom. The van der Waals surface area contributed by atoms with Crippen molar-refractivity contribution < 1.29 is 17.8 Å². The molecule has 106 valence electrons. The number of ether oxygens (including phenoxy) is 1. The third kappa shape index (κ3) is 8.16. The first-order chi connectivity index (χ1) is 8.30. The van der Waals surface area contributed by atoms with Crippen molar-refractivity contribution in [2.75, 3.05) is 6.61 Å². The van der Waals surface area contributed by atoms with Gasteiger partial charge in [-0.15, -0.1) is 0 Å². The standard InChI is InChI=1S/C10H26O4Si4/c1-9(2)10(11)12-7-6-8-18(5,13-15)16-14-17(3)4/h17H,1,6-8,16H2,2-5,15H3. The highest BCUT2D eigenvalue weighted by Gasteiger charge is 2.28. The van der Waals surface area contributed by atoms with Crippen molar-refractivity contribution in [2.45, 2.75) is 39.0 Å². The van der Waals surface area contributed by atoms with E-state index in [1.54, 1.807) is 6.92 Å². The van der Waals surface area contributed by atoms with Gasteiger partial charge in [-0.2, -0.15) is 0 Å². The molecule has 1 atom stereocenters. The van der Waals surface area contributed by atoms with Gasteiger partial charge in [-0.25, -0.2) is 4.79 Å². The van der Waals surface area contributed by atoms with Gasteiger partial charge in [-0.1, -0.05) is 6.58 Å². The van der Waals surface area contributed by atoms with E-state index in [2.05, 4.69) is 26.2 Å². The lowest BCUT2D eigenvalue weighted by atomic mass is 10.4. The first-order valence-corrected chi connectivity index (χ1v) is 15.4. The van der Waals surface area contributed by atoms with Gasteiger partial charge in [0.2, 0.25) is 0 Å². The van der Waals surface area contributed by atoms with E-state index in [9.17, 15) is 4.79 Å². The fourth-order valence-corrected chi connectivity index (χ4v) is 14.8. The molecule has 0 rings (SSSR count). The molecule has 0 aromatic heterocycles. The van der Waals surface area contributed by atoms with Gasteiger partial charge < -0.3 is 13.0 Å². The monoisotopic (exact) mass is 322 g/mol. The van der Waals surface area contributed by atoms with Gasteiger partial charge in [0, 0.05) is 5.57 Å². The summed E-state index contributed by atoms with van der Waals surface area (Å²) >= 11 is 0. The van der Waals surface area contributed by atoms with Gasteiger partial charge in [0.25, 0.3) is 0 Å². The van der Waals surface area contributed by atoms with Gasteiger partial charge in [0.05, 0.1) is 6.61 Å². The van der Waals surface area contributed by atoms with Crippen molar-refractivity contribution in [1.82, 2.24) is 0 Å². The number of rotatable bonds is 9. The van der Waals surface area contributed by atoms with Crippen LogP contribution in [0.5, 0.6) is 0 Å². The summed E-state index contributed by atoms with van der Waals surface area (Å²) in [6.45, 7) is 12.3. The Kier molecular flexibility index (Phi) is 8.99. The number of esters is 1. The molecule has 0 aliphatic rings. The Hall–Kier alpha value is -0.00247. The van der Waals surface area contributed by atoms with E-state index in [-0.39, 0.29) is 5.97 Å². The lowest BCUT2D eigenvalue weighted by Crippen LogP contribution is -2.44. The summed E-state index contributed by atoms with van der Waals surface area (Å²) in [6.07, 6.45) is 0.875. The van der Waals surface area contributed by atoms with Crippen LogP contribution in [0.4, 0.5) is 0 Å². The van der Waals surface area contributed by atoms with Crippen LogP contribution in [0.15, 0.2) is 12.2 Å². The largest absolute Gasteiger partial charge is 0.464 e. The number of hydrogen-bond donors (Lipinski definition) is 0. The molecule has 0 saturated heterocycles. The summed E-state index contributed by atoms with van der Waals surface area (Å²) in [4.78, 5) is 11.2. The second kappa shape index (κ2) is 8.99. The summed E-state index contributed by atoms with van der Waals surface area (Å²) in [5.74, 6) is -0.298. The van der Waals surface area contributed by atoms with E-state index in [1.807, 2.05) is 0 Å². The maximum atomic E-state index is 11.2. The average Bonchev–Trinajstić information content (AvgIpc) is 2.31. The smallest absolute Gasteiger partial charge is 0.333 e. The maximum absolute atomic E-state index is 11.2. The summed E-state index contributed by atoms with van der Waals surface area (Å²) < 4.78 is 16.8. The molecule has 18 heavy (non-hydrogen) atoms. The minimum Gasteiger partial charge on any atom is -0.464 e.